The molecule has 0 aromatic heterocycles. The first-order valence-electron chi connectivity index (χ1n) is 3.30. The Bertz CT molecular complexity index is 110. The van der Waals surface area contributed by atoms with Crippen molar-refractivity contribution in [3.63, 3.8) is 0 Å². The highest BCUT2D eigenvalue weighted by atomic mass is 35.5. The standard InChI is InChI=1S/C6H12N2.ClH/c7-5-3-6(5)1-2-8-4-6;/h5,8H,1-4,7H2;1H/t5-,6+;/m0./s1. The van der Waals surface area contributed by atoms with Crippen molar-refractivity contribution in [3.05, 3.63) is 0 Å². The van der Waals surface area contributed by atoms with Crippen LogP contribution in [0.2, 0.25) is 0 Å². The molecule has 1 saturated carbocycles. The monoisotopic (exact) mass is 148 g/mol. The van der Waals surface area contributed by atoms with Gasteiger partial charge in [0, 0.05) is 18.0 Å². The van der Waals surface area contributed by atoms with E-state index in [1.54, 1.807) is 0 Å². The summed E-state index contributed by atoms with van der Waals surface area (Å²) in [6, 6.07) is 0.525. The Morgan fingerprint density at radius 1 is 1.56 bits per heavy atom. The molecule has 2 fully saturated rings. The molecule has 0 radical (unpaired) electrons. The van der Waals surface area contributed by atoms with Gasteiger partial charge in [-0.05, 0) is 19.4 Å². The summed E-state index contributed by atoms with van der Waals surface area (Å²) in [5.41, 5.74) is 6.29. The second-order valence-corrected chi connectivity index (χ2v) is 3.10. The molecule has 2 atom stereocenters. The van der Waals surface area contributed by atoms with Gasteiger partial charge in [0.2, 0.25) is 0 Å². The Morgan fingerprint density at radius 2 is 2.22 bits per heavy atom. The Labute approximate surface area is 61.6 Å². The molecule has 0 aromatic rings. The molecular formula is C6H13ClN2. The van der Waals surface area contributed by atoms with Crippen molar-refractivity contribution in [1.29, 1.82) is 0 Å². The molecule has 1 aliphatic carbocycles. The number of rotatable bonds is 0. The highest BCUT2D eigenvalue weighted by molar-refractivity contribution is 5.85. The minimum atomic E-state index is 0. The van der Waals surface area contributed by atoms with Crippen molar-refractivity contribution in [2.75, 3.05) is 13.1 Å². The Hall–Kier alpha value is 0.210. The quantitative estimate of drug-likeness (QED) is 0.512. The first-order valence-corrected chi connectivity index (χ1v) is 3.30. The second kappa shape index (κ2) is 2.11. The van der Waals surface area contributed by atoms with Gasteiger partial charge in [-0.1, -0.05) is 0 Å². The molecule has 1 saturated heterocycles. The van der Waals surface area contributed by atoms with Crippen LogP contribution in [-0.2, 0) is 0 Å². The number of nitrogens with one attached hydrogen (secondary N) is 1. The van der Waals surface area contributed by atoms with Crippen molar-refractivity contribution >= 4 is 12.4 Å². The molecule has 0 aromatic carbocycles. The molecule has 0 amide bonds. The van der Waals surface area contributed by atoms with Gasteiger partial charge in [0.05, 0.1) is 0 Å². The van der Waals surface area contributed by atoms with Crippen LogP contribution in [0.3, 0.4) is 0 Å². The van der Waals surface area contributed by atoms with Gasteiger partial charge in [0.25, 0.3) is 0 Å². The van der Waals surface area contributed by atoms with Crippen molar-refractivity contribution in [1.82, 2.24) is 5.32 Å². The molecule has 3 heteroatoms. The minimum Gasteiger partial charge on any atom is -0.327 e. The predicted octanol–water partition coefficient (Wildman–Crippen LogP) is 0.119. The summed E-state index contributed by atoms with van der Waals surface area (Å²) < 4.78 is 0. The smallest absolute Gasteiger partial charge is 0.0115 e. The topological polar surface area (TPSA) is 38.0 Å². The fourth-order valence-corrected chi connectivity index (χ4v) is 1.63. The summed E-state index contributed by atoms with van der Waals surface area (Å²) in [4.78, 5) is 0. The first kappa shape index (κ1) is 7.32. The third kappa shape index (κ3) is 0.955. The van der Waals surface area contributed by atoms with Crippen molar-refractivity contribution < 1.29 is 0 Å². The van der Waals surface area contributed by atoms with Crippen LogP contribution in [0.1, 0.15) is 12.8 Å². The highest BCUT2D eigenvalue weighted by Gasteiger charge is 2.52. The number of hydrogen-bond acceptors (Lipinski definition) is 2. The van der Waals surface area contributed by atoms with E-state index >= 15 is 0 Å². The summed E-state index contributed by atoms with van der Waals surface area (Å²) in [6.45, 7) is 2.36. The van der Waals surface area contributed by atoms with Crippen LogP contribution >= 0.6 is 12.4 Å². The highest BCUT2D eigenvalue weighted by Crippen LogP contribution is 2.48. The van der Waals surface area contributed by atoms with E-state index in [1.807, 2.05) is 0 Å². The van der Waals surface area contributed by atoms with Crippen molar-refractivity contribution in [2.45, 2.75) is 18.9 Å². The van der Waals surface area contributed by atoms with Gasteiger partial charge < -0.3 is 11.1 Å². The third-order valence-corrected chi connectivity index (χ3v) is 2.53. The van der Waals surface area contributed by atoms with E-state index in [0.29, 0.717) is 11.5 Å². The van der Waals surface area contributed by atoms with E-state index in [2.05, 4.69) is 5.32 Å². The van der Waals surface area contributed by atoms with Gasteiger partial charge in [-0.2, -0.15) is 0 Å². The van der Waals surface area contributed by atoms with Gasteiger partial charge in [-0.3, -0.25) is 0 Å². The molecular weight excluding hydrogens is 136 g/mol. The molecule has 1 heterocycles. The fraction of sp³-hybridized carbons (Fsp3) is 1.00. The summed E-state index contributed by atoms with van der Waals surface area (Å²) in [5, 5.41) is 3.33. The Balaban J connectivity index is 0.000000405. The molecule has 1 aliphatic heterocycles. The molecule has 2 aliphatic rings. The Morgan fingerprint density at radius 3 is 2.44 bits per heavy atom. The number of hydrogen-bond donors (Lipinski definition) is 2. The van der Waals surface area contributed by atoms with Crippen LogP contribution in [0.4, 0.5) is 0 Å². The largest absolute Gasteiger partial charge is 0.327 e. The van der Waals surface area contributed by atoms with E-state index in [-0.39, 0.29) is 12.4 Å². The van der Waals surface area contributed by atoms with Crippen LogP contribution in [0.15, 0.2) is 0 Å². The zero-order valence-electron chi connectivity index (χ0n) is 5.39. The molecule has 1 spiro atoms. The van der Waals surface area contributed by atoms with Crippen LogP contribution < -0.4 is 11.1 Å². The van der Waals surface area contributed by atoms with E-state index in [1.165, 1.54) is 25.9 Å². The predicted molar refractivity (Wildman–Crippen MR) is 39.8 cm³/mol. The average Bonchev–Trinajstić information content (AvgIpc) is 2.29. The maximum atomic E-state index is 5.72. The van der Waals surface area contributed by atoms with Crippen LogP contribution in [0.5, 0.6) is 0 Å². The second-order valence-electron chi connectivity index (χ2n) is 3.10. The molecule has 2 rings (SSSR count). The van der Waals surface area contributed by atoms with Gasteiger partial charge >= 0.3 is 0 Å². The lowest BCUT2D eigenvalue weighted by atomic mass is 10.1. The lowest BCUT2D eigenvalue weighted by Gasteiger charge is -2.00. The molecule has 0 bridgehead atoms. The lowest BCUT2D eigenvalue weighted by molar-refractivity contribution is 0.547. The summed E-state index contributed by atoms with van der Waals surface area (Å²) in [6.07, 6.45) is 2.58. The van der Waals surface area contributed by atoms with Crippen molar-refractivity contribution in [2.24, 2.45) is 11.1 Å². The SMILES string of the molecule is Cl.N[C@H]1C[C@@]12CCNC2. The van der Waals surface area contributed by atoms with Gasteiger partial charge in [-0.15, -0.1) is 12.4 Å². The summed E-state index contributed by atoms with van der Waals surface area (Å²) >= 11 is 0. The first-order chi connectivity index (χ1) is 3.83. The third-order valence-electron chi connectivity index (χ3n) is 2.53. The molecule has 0 unspecified atom stereocenters. The molecule has 9 heavy (non-hydrogen) atoms. The molecule has 54 valence electrons. The van der Waals surface area contributed by atoms with E-state index in [9.17, 15) is 0 Å². The lowest BCUT2D eigenvalue weighted by Crippen LogP contribution is -2.16. The fourth-order valence-electron chi connectivity index (χ4n) is 1.63. The Kier molecular flexibility index (Phi) is 1.72. The average molecular weight is 149 g/mol. The van der Waals surface area contributed by atoms with Crippen molar-refractivity contribution in [3.8, 4) is 0 Å². The normalized spacial score (nSPS) is 47.0. The van der Waals surface area contributed by atoms with Gasteiger partial charge in [0.1, 0.15) is 0 Å². The minimum absolute atomic E-state index is 0. The zero-order valence-corrected chi connectivity index (χ0v) is 6.21. The van der Waals surface area contributed by atoms with Gasteiger partial charge in [-0.25, -0.2) is 0 Å². The number of halogens is 1. The van der Waals surface area contributed by atoms with E-state index in [0.717, 1.165) is 0 Å². The van der Waals surface area contributed by atoms with Crippen LogP contribution in [0.25, 0.3) is 0 Å². The zero-order chi connectivity index (χ0) is 5.61. The van der Waals surface area contributed by atoms with Gasteiger partial charge in [0.15, 0.2) is 0 Å². The van der Waals surface area contributed by atoms with E-state index in [4.69, 9.17) is 5.73 Å². The molecule has 3 N–H and O–H groups in total. The maximum absolute atomic E-state index is 5.72. The van der Waals surface area contributed by atoms with Crippen LogP contribution in [-0.4, -0.2) is 19.1 Å². The summed E-state index contributed by atoms with van der Waals surface area (Å²) in [5.74, 6) is 0. The number of nitrogens with two attached hydrogens (primary N) is 1. The summed E-state index contributed by atoms with van der Waals surface area (Å²) in [7, 11) is 0. The van der Waals surface area contributed by atoms with Crippen LogP contribution in [0, 0.1) is 5.41 Å². The van der Waals surface area contributed by atoms with E-state index < -0.39 is 0 Å². The molecule has 2 nitrogen and oxygen atoms in total. The maximum Gasteiger partial charge on any atom is 0.0115 e.